The molecule has 4 aromatic rings. The third kappa shape index (κ3) is 4.37. The summed E-state index contributed by atoms with van der Waals surface area (Å²) in [5.41, 5.74) is 1.53. The molecule has 4 rings (SSSR count). The fourth-order valence-corrected chi connectivity index (χ4v) is 3.44. The van der Waals surface area contributed by atoms with Crippen molar-refractivity contribution in [3.63, 3.8) is 0 Å². The lowest BCUT2D eigenvalue weighted by Crippen LogP contribution is -2.26. The molecule has 0 atom stereocenters. The van der Waals surface area contributed by atoms with Gasteiger partial charge in [-0.25, -0.2) is 4.39 Å². The molecule has 0 radical (unpaired) electrons. The van der Waals surface area contributed by atoms with E-state index in [9.17, 15) is 9.18 Å². The predicted octanol–water partition coefficient (Wildman–Crippen LogP) is 5.83. The number of benzene rings is 3. The number of hydrogen-bond acceptors (Lipinski definition) is 2. The fraction of sp³-hybridized carbons (Fsp3) is 0.160. The van der Waals surface area contributed by atoms with Gasteiger partial charge in [0.2, 0.25) is 5.91 Å². The molecule has 0 saturated heterocycles. The number of hydrogen-bond donors (Lipinski definition) is 0. The third-order valence-corrected chi connectivity index (χ3v) is 5.05. The second-order valence-electron chi connectivity index (χ2n) is 7.18. The monoisotopic (exact) mass is 387 g/mol. The molecule has 3 aromatic carbocycles. The second-order valence-corrected chi connectivity index (χ2v) is 7.18. The van der Waals surface area contributed by atoms with Crippen LogP contribution in [0.2, 0.25) is 0 Å². The lowest BCUT2D eigenvalue weighted by Gasteiger charge is -2.17. The molecule has 0 aliphatic heterocycles. The van der Waals surface area contributed by atoms with E-state index < -0.39 is 0 Å². The number of carbonyl (C=O) groups excluding carboxylic acids is 1. The number of furan rings is 1. The van der Waals surface area contributed by atoms with Crippen molar-refractivity contribution in [3.8, 4) is 11.3 Å². The maximum Gasteiger partial charge on any atom is 0.223 e. The summed E-state index contributed by atoms with van der Waals surface area (Å²) in [5, 5.41) is 2.36. The van der Waals surface area contributed by atoms with E-state index in [-0.39, 0.29) is 11.7 Å². The Morgan fingerprint density at radius 3 is 2.52 bits per heavy atom. The Morgan fingerprint density at radius 2 is 1.69 bits per heavy atom. The van der Waals surface area contributed by atoms with E-state index in [1.54, 1.807) is 35.2 Å². The van der Waals surface area contributed by atoms with Crippen LogP contribution in [0.4, 0.5) is 4.39 Å². The first-order chi connectivity index (χ1) is 14.1. The number of aryl methyl sites for hydroxylation is 1. The average molecular weight is 387 g/mol. The standard InChI is InChI=1S/C25H22FNO2/c1-27(17-18-10-11-19-6-2-3-7-20(19)16-18)25(28)15-13-21-12-14-24(29-21)22-8-4-5-9-23(22)26/h2-12,14,16H,13,15,17H2,1H3. The Hall–Kier alpha value is -3.40. The largest absolute Gasteiger partial charge is 0.461 e. The first-order valence-corrected chi connectivity index (χ1v) is 9.65. The highest BCUT2D eigenvalue weighted by Gasteiger charge is 2.13. The SMILES string of the molecule is CN(Cc1ccc2ccccc2c1)C(=O)CCc1ccc(-c2ccccc2F)o1. The molecule has 0 unspecified atom stereocenters. The molecule has 0 N–H and O–H groups in total. The zero-order chi connectivity index (χ0) is 20.2. The molecule has 0 aliphatic carbocycles. The molecule has 3 nitrogen and oxygen atoms in total. The smallest absolute Gasteiger partial charge is 0.223 e. The highest BCUT2D eigenvalue weighted by Crippen LogP contribution is 2.25. The Balaban J connectivity index is 1.36. The van der Waals surface area contributed by atoms with Gasteiger partial charge in [-0.3, -0.25) is 4.79 Å². The topological polar surface area (TPSA) is 33.5 Å². The normalized spacial score (nSPS) is 11.0. The molecule has 29 heavy (non-hydrogen) atoms. The van der Waals surface area contributed by atoms with Crippen molar-refractivity contribution in [3.05, 3.63) is 96.0 Å². The summed E-state index contributed by atoms with van der Waals surface area (Å²) in [5.74, 6) is 0.882. The minimum absolute atomic E-state index is 0.0435. The van der Waals surface area contributed by atoms with E-state index in [1.807, 2.05) is 19.2 Å². The minimum atomic E-state index is -0.320. The lowest BCUT2D eigenvalue weighted by molar-refractivity contribution is -0.130. The van der Waals surface area contributed by atoms with Crippen molar-refractivity contribution in [2.75, 3.05) is 7.05 Å². The van der Waals surface area contributed by atoms with Crippen molar-refractivity contribution in [1.29, 1.82) is 0 Å². The molecule has 1 amide bonds. The number of halogens is 1. The third-order valence-electron chi connectivity index (χ3n) is 5.05. The van der Waals surface area contributed by atoms with Crippen LogP contribution in [0, 0.1) is 5.82 Å². The molecule has 0 spiro atoms. The molecule has 0 aliphatic rings. The summed E-state index contributed by atoms with van der Waals surface area (Å²) in [6, 6.07) is 24.5. The lowest BCUT2D eigenvalue weighted by atomic mass is 10.1. The summed E-state index contributed by atoms with van der Waals surface area (Å²) < 4.78 is 19.6. The fourth-order valence-electron chi connectivity index (χ4n) is 3.44. The number of nitrogens with zero attached hydrogens (tertiary/aromatic N) is 1. The first kappa shape index (κ1) is 18.9. The number of amides is 1. The van der Waals surface area contributed by atoms with E-state index in [4.69, 9.17) is 4.42 Å². The van der Waals surface area contributed by atoms with Crippen molar-refractivity contribution >= 4 is 16.7 Å². The van der Waals surface area contributed by atoms with Gasteiger partial charge in [-0.2, -0.15) is 0 Å². The zero-order valence-electron chi connectivity index (χ0n) is 16.3. The van der Waals surface area contributed by atoms with Crippen molar-refractivity contribution in [2.45, 2.75) is 19.4 Å². The van der Waals surface area contributed by atoms with Gasteiger partial charge in [0.05, 0.1) is 5.56 Å². The molecule has 0 fully saturated rings. The van der Waals surface area contributed by atoms with E-state index >= 15 is 0 Å². The molecule has 4 heteroatoms. The summed E-state index contributed by atoms with van der Waals surface area (Å²) >= 11 is 0. The van der Waals surface area contributed by atoms with Gasteiger partial charge < -0.3 is 9.32 Å². The predicted molar refractivity (Wildman–Crippen MR) is 113 cm³/mol. The number of fused-ring (bicyclic) bond motifs is 1. The van der Waals surface area contributed by atoms with Crippen LogP contribution < -0.4 is 0 Å². The van der Waals surface area contributed by atoms with Crippen LogP contribution in [0.3, 0.4) is 0 Å². The molecule has 1 aromatic heterocycles. The maximum atomic E-state index is 13.9. The highest BCUT2D eigenvalue weighted by molar-refractivity contribution is 5.83. The molecular weight excluding hydrogens is 365 g/mol. The zero-order valence-corrected chi connectivity index (χ0v) is 16.3. The van der Waals surface area contributed by atoms with Gasteiger partial charge in [0.25, 0.3) is 0 Å². The van der Waals surface area contributed by atoms with Gasteiger partial charge in [0.15, 0.2) is 0 Å². The maximum absolute atomic E-state index is 13.9. The minimum Gasteiger partial charge on any atom is -0.461 e. The number of rotatable bonds is 6. The highest BCUT2D eigenvalue weighted by atomic mass is 19.1. The van der Waals surface area contributed by atoms with Crippen LogP contribution in [0.1, 0.15) is 17.7 Å². The summed E-state index contributed by atoms with van der Waals surface area (Å²) in [7, 11) is 1.81. The summed E-state index contributed by atoms with van der Waals surface area (Å²) in [6.07, 6.45) is 0.823. The molecular formula is C25H22FNO2. The van der Waals surface area contributed by atoms with Crippen LogP contribution in [-0.4, -0.2) is 17.9 Å². The van der Waals surface area contributed by atoms with Crippen LogP contribution in [0.25, 0.3) is 22.1 Å². The van der Waals surface area contributed by atoms with Gasteiger partial charge in [-0.1, -0.05) is 48.5 Å². The van der Waals surface area contributed by atoms with Gasteiger partial charge in [-0.05, 0) is 46.7 Å². The van der Waals surface area contributed by atoms with E-state index in [1.165, 1.54) is 16.8 Å². The molecule has 0 bridgehead atoms. The van der Waals surface area contributed by atoms with Gasteiger partial charge >= 0.3 is 0 Å². The Kier molecular flexibility index (Phi) is 5.43. The van der Waals surface area contributed by atoms with Crippen molar-refractivity contribution < 1.29 is 13.6 Å². The second kappa shape index (κ2) is 8.31. The van der Waals surface area contributed by atoms with Crippen LogP contribution in [0.5, 0.6) is 0 Å². The Morgan fingerprint density at radius 1 is 0.931 bits per heavy atom. The van der Waals surface area contributed by atoms with Crippen LogP contribution in [-0.2, 0) is 17.8 Å². The van der Waals surface area contributed by atoms with Crippen LogP contribution in [0.15, 0.2) is 83.3 Å². The average Bonchev–Trinajstić information content (AvgIpc) is 3.21. The first-order valence-electron chi connectivity index (χ1n) is 9.65. The summed E-state index contributed by atoms with van der Waals surface area (Å²) in [4.78, 5) is 14.3. The van der Waals surface area contributed by atoms with Gasteiger partial charge in [0, 0.05) is 26.4 Å². The van der Waals surface area contributed by atoms with Crippen molar-refractivity contribution in [2.24, 2.45) is 0 Å². The number of carbonyl (C=O) groups is 1. The van der Waals surface area contributed by atoms with Gasteiger partial charge in [0.1, 0.15) is 17.3 Å². The van der Waals surface area contributed by atoms with E-state index in [0.29, 0.717) is 36.5 Å². The molecule has 146 valence electrons. The Labute approximate surface area is 169 Å². The van der Waals surface area contributed by atoms with E-state index in [2.05, 4.69) is 30.3 Å². The quantitative estimate of drug-likeness (QED) is 0.417. The Bertz CT molecular complexity index is 1150. The van der Waals surface area contributed by atoms with Gasteiger partial charge in [-0.15, -0.1) is 0 Å². The van der Waals surface area contributed by atoms with Crippen molar-refractivity contribution in [1.82, 2.24) is 4.90 Å². The van der Waals surface area contributed by atoms with Crippen LogP contribution >= 0.6 is 0 Å². The summed E-state index contributed by atoms with van der Waals surface area (Å²) in [6.45, 7) is 0.558. The molecule has 0 saturated carbocycles. The molecule has 1 heterocycles. The van der Waals surface area contributed by atoms with E-state index in [0.717, 1.165) is 5.56 Å².